The lowest BCUT2D eigenvalue weighted by Crippen LogP contribution is -2.25. The van der Waals surface area contributed by atoms with Gasteiger partial charge in [0.05, 0.1) is 14.2 Å². The predicted molar refractivity (Wildman–Crippen MR) is 161 cm³/mol. The van der Waals surface area contributed by atoms with Gasteiger partial charge in [-0.2, -0.15) is 0 Å². The Morgan fingerprint density at radius 2 is 0.706 bits per heavy atom. The normalized spacial score (nSPS) is 13.4. The van der Waals surface area contributed by atoms with E-state index in [1.807, 2.05) is 0 Å². The third kappa shape index (κ3) is 6.30. The van der Waals surface area contributed by atoms with Crippen LogP contribution in [0.15, 0.2) is 24.3 Å². The van der Waals surface area contributed by atoms with E-state index in [-0.39, 0.29) is 21.7 Å². The molecular formula is C30H46IO2P. The Hall–Kier alpha value is -0.800. The number of hydrogen-bond acceptors (Lipinski definition) is 2. The molecule has 0 aliphatic carbocycles. The SMILES string of the molecule is COc1c(C(C)(C)C)cc(P(I)c2cc(C(C)(C)C)c(OC)c(C(C)(C)C)c2)cc1C(C)(C)C. The van der Waals surface area contributed by atoms with Gasteiger partial charge in [0.25, 0.3) is 0 Å². The van der Waals surface area contributed by atoms with Crippen molar-refractivity contribution in [3.05, 3.63) is 46.5 Å². The third-order valence-electron chi connectivity index (χ3n) is 6.24. The lowest BCUT2D eigenvalue weighted by atomic mass is 9.79. The molecule has 0 atom stereocenters. The van der Waals surface area contributed by atoms with Gasteiger partial charge in [-0.3, -0.25) is 0 Å². The highest BCUT2D eigenvalue weighted by atomic mass is 127. The van der Waals surface area contributed by atoms with Crippen molar-refractivity contribution in [2.45, 2.75) is 105 Å². The number of hydrogen-bond donors (Lipinski definition) is 0. The lowest BCUT2D eigenvalue weighted by Gasteiger charge is -2.32. The van der Waals surface area contributed by atoms with Crippen LogP contribution in [-0.4, -0.2) is 14.2 Å². The zero-order chi connectivity index (χ0) is 26.4. The first-order valence-electron chi connectivity index (χ1n) is 12.2. The number of methoxy groups -OCH3 is 2. The fourth-order valence-electron chi connectivity index (χ4n) is 4.27. The highest BCUT2D eigenvalue weighted by Crippen LogP contribution is 2.49. The number of rotatable bonds is 4. The van der Waals surface area contributed by atoms with Crippen LogP contribution in [0.2, 0.25) is 0 Å². The van der Waals surface area contributed by atoms with Gasteiger partial charge in [0.1, 0.15) is 11.5 Å². The predicted octanol–water partition coefficient (Wildman–Crippen LogP) is 8.68. The summed E-state index contributed by atoms with van der Waals surface area (Å²) in [5.41, 5.74) is 4.47. The van der Waals surface area contributed by atoms with Crippen molar-refractivity contribution >= 4 is 38.2 Å². The van der Waals surface area contributed by atoms with Crippen LogP contribution in [0.25, 0.3) is 0 Å². The monoisotopic (exact) mass is 596 g/mol. The van der Waals surface area contributed by atoms with Crippen LogP contribution in [-0.2, 0) is 21.7 Å². The molecule has 34 heavy (non-hydrogen) atoms. The quantitative estimate of drug-likeness (QED) is 0.260. The summed E-state index contributed by atoms with van der Waals surface area (Å²) in [5.74, 6) is 2.06. The van der Waals surface area contributed by atoms with E-state index >= 15 is 0 Å². The first kappa shape index (κ1) is 29.4. The van der Waals surface area contributed by atoms with E-state index in [2.05, 4.69) is 129 Å². The van der Waals surface area contributed by atoms with Crippen LogP contribution >= 0.6 is 27.6 Å². The Morgan fingerprint density at radius 3 is 0.853 bits per heavy atom. The summed E-state index contributed by atoms with van der Waals surface area (Å²) < 4.78 is 12.0. The second kappa shape index (κ2) is 9.92. The minimum absolute atomic E-state index is 0.0127. The summed E-state index contributed by atoms with van der Waals surface area (Å²) >= 11 is 2.68. The molecule has 2 aromatic rings. The fourth-order valence-corrected chi connectivity index (χ4v) is 7.21. The van der Waals surface area contributed by atoms with Crippen molar-refractivity contribution in [3.8, 4) is 11.5 Å². The molecule has 2 aromatic carbocycles. The molecule has 0 unspecified atom stereocenters. The Morgan fingerprint density at radius 1 is 0.500 bits per heavy atom. The molecule has 0 bridgehead atoms. The minimum atomic E-state index is -0.600. The van der Waals surface area contributed by atoms with E-state index in [0.29, 0.717) is 0 Å². The molecule has 0 fully saturated rings. The van der Waals surface area contributed by atoms with Crippen LogP contribution in [0.4, 0.5) is 0 Å². The van der Waals surface area contributed by atoms with Gasteiger partial charge in [-0.05, 0) is 78.6 Å². The zero-order valence-corrected chi connectivity index (χ0v) is 27.0. The van der Waals surface area contributed by atoms with E-state index in [9.17, 15) is 0 Å². The van der Waals surface area contributed by atoms with Crippen molar-refractivity contribution in [3.63, 3.8) is 0 Å². The maximum atomic E-state index is 6.02. The van der Waals surface area contributed by atoms with Gasteiger partial charge < -0.3 is 9.47 Å². The third-order valence-corrected chi connectivity index (χ3v) is 11.0. The molecule has 0 aromatic heterocycles. The average Bonchev–Trinajstić information content (AvgIpc) is 2.68. The van der Waals surface area contributed by atoms with E-state index < -0.39 is 5.56 Å². The molecular weight excluding hydrogens is 550 g/mol. The minimum Gasteiger partial charge on any atom is -0.496 e. The summed E-state index contributed by atoms with van der Waals surface area (Å²) in [6, 6.07) is 9.57. The molecule has 0 aliphatic rings. The first-order valence-corrected chi connectivity index (χ1v) is 16.3. The Kier molecular flexibility index (Phi) is 8.59. The number of benzene rings is 2. The fraction of sp³-hybridized carbons (Fsp3) is 0.600. The van der Waals surface area contributed by atoms with Gasteiger partial charge in [0, 0.05) is 27.8 Å². The van der Waals surface area contributed by atoms with E-state index in [0.717, 1.165) is 11.5 Å². The van der Waals surface area contributed by atoms with E-state index in [1.54, 1.807) is 14.2 Å². The van der Waals surface area contributed by atoms with E-state index in [4.69, 9.17) is 9.47 Å². The standard InChI is InChI=1S/C30H46IO2P/c1-27(2,3)21-15-19(16-22(25(21)32-13)28(4,5)6)34(31)20-17-23(29(7,8)9)26(33-14)24(18-20)30(10,11)12/h15-18H,1-14H3. The molecule has 190 valence electrons. The van der Waals surface area contributed by atoms with E-state index in [1.165, 1.54) is 32.9 Å². The number of ether oxygens (including phenoxy) is 2. The van der Waals surface area contributed by atoms with Crippen LogP contribution in [0.5, 0.6) is 11.5 Å². The van der Waals surface area contributed by atoms with Crippen LogP contribution in [0.3, 0.4) is 0 Å². The lowest BCUT2D eigenvalue weighted by molar-refractivity contribution is 0.381. The Bertz CT molecular complexity index is 874. The van der Waals surface area contributed by atoms with Crippen LogP contribution in [0, 0.1) is 0 Å². The molecule has 0 saturated carbocycles. The molecule has 2 nitrogen and oxygen atoms in total. The molecule has 0 N–H and O–H groups in total. The highest BCUT2D eigenvalue weighted by Gasteiger charge is 2.31. The van der Waals surface area contributed by atoms with Gasteiger partial charge in [-0.1, -0.05) is 83.1 Å². The molecule has 0 aliphatic heterocycles. The average molecular weight is 597 g/mol. The van der Waals surface area contributed by atoms with Gasteiger partial charge >= 0.3 is 0 Å². The van der Waals surface area contributed by atoms with Crippen molar-refractivity contribution in [1.29, 1.82) is 0 Å². The second-order valence-corrected chi connectivity index (χ2v) is 17.9. The van der Waals surface area contributed by atoms with Crippen LogP contribution < -0.4 is 20.1 Å². The summed E-state index contributed by atoms with van der Waals surface area (Å²) in [5, 5.41) is 2.77. The Balaban J connectivity index is 2.90. The van der Waals surface area contributed by atoms with Crippen molar-refractivity contribution in [2.24, 2.45) is 0 Å². The van der Waals surface area contributed by atoms with Crippen LogP contribution in [0.1, 0.15) is 105 Å². The zero-order valence-electron chi connectivity index (χ0n) is 24.0. The molecule has 0 amide bonds. The molecule has 0 heterocycles. The summed E-state index contributed by atoms with van der Waals surface area (Å²) in [7, 11) is 3.61. The van der Waals surface area contributed by atoms with Crippen molar-refractivity contribution in [1.82, 2.24) is 0 Å². The molecule has 2 rings (SSSR count). The van der Waals surface area contributed by atoms with Gasteiger partial charge in [-0.25, -0.2) is 0 Å². The Labute approximate surface area is 223 Å². The molecule has 0 radical (unpaired) electrons. The maximum absolute atomic E-state index is 6.02. The second-order valence-electron chi connectivity index (χ2n) is 13.4. The van der Waals surface area contributed by atoms with Gasteiger partial charge in [0.2, 0.25) is 0 Å². The maximum Gasteiger partial charge on any atom is 0.126 e. The summed E-state index contributed by atoms with van der Waals surface area (Å²) in [4.78, 5) is 0. The molecule has 0 saturated heterocycles. The van der Waals surface area contributed by atoms with Gasteiger partial charge in [-0.15, -0.1) is 0 Å². The summed E-state index contributed by atoms with van der Waals surface area (Å²) in [6.07, 6.45) is 0. The van der Waals surface area contributed by atoms with Crippen molar-refractivity contribution in [2.75, 3.05) is 14.2 Å². The van der Waals surface area contributed by atoms with Crippen molar-refractivity contribution < 1.29 is 9.47 Å². The molecule has 4 heteroatoms. The smallest absolute Gasteiger partial charge is 0.126 e. The molecule has 0 spiro atoms. The highest BCUT2D eigenvalue weighted by molar-refractivity contribution is 14.2. The largest absolute Gasteiger partial charge is 0.496 e. The topological polar surface area (TPSA) is 18.5 Å². The summed E-state index contributed by atoms with van der Waals surface area (Å²) in [6.45, 7) is 27.3. The van der Waals surface area contributed by atoms with Gasteiger partial charge in [0.15, 0.2) is 0 Å². The first-order chi connectivity index (χ1) is 15.2. The number of halogens is 1.